The fraction of sp³-hybridized carbons (Fsp3) is 0.381. The standard InChI is InChI=1S/C21H24N6O4/c1-13(2)17-9-15(31-23-17)11-26-19-8-6-5-7-16(19)20(28)27(26)14(3)10-25-12-18(22-24-25)21(29)30-4/h5-9,12-14H,10-11H2,1-4H3. The van der Waals surface area contributed by atoms with Gasteiger partial charge in [0.05, 0.1) is 42.5 Å². The van der Waals surface area contributed by atoms with Crippen molar-refractivity contribution in [3.8, 4) is 0 Å². The highest BCUT2D eigenvalue weighted by molar-refractivity contribution is 5.86. The van der Waals surface area contributed by atoms with Crippen molar-refractivity contribution in [2.24, 2.45) is 0 Å². The average molecular weight is 424 g/mol. The number of nitrogens with zero attached hydrogens (tertiary/aromatic N) is 6. The summed E-state index contributed by atoms with van der Waals surface area (Å²) in [5.74, 6) is 0.354. The van der Waals surface area contributed by atoms with Gasteiger partial charge >= 0.3 is 5.97 Å². The Bertz CT molecular complexity index is 1280. The van der Waals surface area contributed by atoms with Crippen LogP contribution in [0.4, 0.5) is 0 Å². The molecule has 0 fully saturated rings. The Balaban J connectivity index is 1.71. The molecule has 0 aliphatic rings. The maximum Gasteiger partial charge on any atom is 0.360 e. The molecule has 4 rings (SSSR count). The third-order valence-corrected chi connectivity index (χ3v) is 5.16. The summed E-state index contributed by atoms with van der Waals surface area (Å²) in [4.78, 5) is 24.9. The molecule has 0 aliphatic carbocycles. The van der Waals surface area contributed by atoms with E-state index in [1.165, 1.54) is 18.0 Å². The highest BCUT2D eigenvalue weighted by atomic mass is 16.5. The van der Waals surface area contributed by atoms with Gasteiger partial charge in [0.1, 0.15) is 6.54 Å². The summed E-state index contributed by atoms with van der Waals surface area (Å²) >= 11 is 0. The first kappa shape index (κ1) is 20.6. The van der Waals surface area contributed by atoms with Crippen molar-refractivity contribution in [2.75, 3.05) is 7.11 Å². The molecule has 0 bridgehead atoms. The molecule has 10 heteroatoms. The van der Waals surface area contributed by atoms with Gasteiger partial charge in [0.25, 0.3) is 5.56 Å². The summed E-state index contributed by atoms with van der Waals surface area (Å²) in [6.07, 6.45) is 1.51. The second-order valence-electron chi connectivity index (χ2n) is 7.76. The van der Waals surface area contributed by atoms with Gasteiger partial charge in [-0.25, -0.2) is 14.2 Å². The molecular weight excluding hydrogens is 400 g/mol. The SMILES string of the molecule is COC(=O)c1cn(CC(C)n2c(=O)c3ccccc3n2Cc2cc(C(C)C)no2)nn1. The number of rotatable bonds is 7. The molecule has 31 heavy (non-hydrogen) atoms. The molecule has 0 saturated carbocycles. The summed E-state index contributed by atoms with van der Waals surface area (Å²) in [6.45, 7) is 6.71. The summed E-state index contributed by atoms with van der Waals surface area (Å²) in [5, 5.41) is 12.6. The van der Waals surface area contributed by atoms with Crippen molar-refractivity contribution in [2.45, 2.75) is 45.8 Å². The van der Waals surface area contributed by atoms with Crippen LogP contribution in [0.25, 0.3) is 10.9 Å². The fourth-order valence-electron chi connectivity index (χ4n) is 3.59. The van der Waals surface area contributed by atoms with Crippen molar-refractivity contribution in [1.82, 2.24) is 29.5 Å². The number of aromatic nitrogens is 6. The van der Waals surface area contributed by atoms with Gasteiger partial charge in [-0.1, -0.05) is 36.4 Å². The van der Waals surface area contributed by atoms with Crippen molar-refractivity contribution >= 4 is 16.9 Å². The summed E-state index contributed by atoms with van der Waals surface area (Å²) < 4.78 is 15.3. The lowest BCUT2D eigenvalue weighted by Crippen LogP contribution is -2.29. The van der Waals surface area contributed by atoms with Gasteiger partial charge in [-0.2, -0.15) is 0 Å². The molecule has 0 aliphatic heterocycles. The molecule has 3 aromatic heterocycles. The zero-order valence-corrected chi connectivity index (χ0v) is 17.8. The zero-order chi connectivity index (χ0) is 22.1. The normalized spacial score (nSPS) is 12.5. The summed E-state index contributed by atoms with van der Waals surface area (Å²) in [5.41, 5.74) is 1.67. The maximum atomic E-state index is 13.2. The molecule has 0 saturated heterocycles. The quantitative estimate of drug-likeness (QED) is 0.419. The highest BCUT2D eigenvalue weighted by Crippen LogP contribution is 2.20. The number of hydrogen-bond acceptors (Lipinski definition) is 7. The van der Waals surface area contributed by atoms with Crippen LogP contribution in [0.1, 0.15) is 54.7 Å². The largest absolute Gasteiger partial charge is 0.464 e. The average Bonchev–Trinajstić information content (AvgIpc) is 3.47. The highest BCUT2D eigenvalue weighted by Gasteiger charge is 2.21. The van der Waals surface area contributed by atoms with Crippen LogP contribution in [-0.2, 0) is 17.8 Å². The molecule has 0 spiro atoms. The van der Waals surface area contributed by atoms with Crippen LogP contribution in [0, 0.1) is 0 Å². The first-order valence-electron chi connectivity index (χ1n) is 10.0. The monoisotopic (exact) mass is 424 g/mol. The van der Waals surface area contributed by atoms with Gasteiger partial charge in [-0.05, 0) is 25.0 Å². The lowest BCUT2D eigenvalue weighted by Gasteiger charge is -2.18. The first-order valence-corrected chi connectivity index (χ1v) is 10.0. The number of hydrogen-bond donors (Lipinski definition) is 0. The van der Waals surface area contributed by atoms with Crippen molar-refractivity contribution < 1.29 is 14.1 Å². The van der Waals surface area contributed by atoms with E-state index in [1.54, 1.807) is 4.68 Å². The van der Waals surface area contributed by atoms with Gasteiger partial charge in [-0.15, -0.1) is 5.10 Å². The lowest BCUT2D eigenvalue weighted by molar-refractivity contribution is 0.0594. The van der Waals surface area contributed by atoms with E-state index in [0.29, 0.717) is 24.2 Å². The molecule has 3 heterocycles. The minimum Gasteiger partial charge on any atom is -0.464 e. The van der Waals surface area contributed by atoms with Crippen LogP contribution in [0.5, 0.6) is 0 Å². The van der Waals surface area contributed by atoms with Crippen molar-refractivity contribution in [3.63, 3.8) is 0 Å². The van der Waals surface area contributed by atoms with E-state index in [4.69, 9.17) is 4.52 Å². The predicted molar refractivity (Wildman–Crippen MR) is 112 cm³/mol. The Morgan fingerprint density at radius 3 is 2.71 bits per heavy atom. The van der Waals surface area contributed by atoms with Crippen LogP contribution in [0.2, 0.25) is 0 Å². The second kappa shape index (κ2) is 8.21. The third kappa shape index (κ3) is 3.88. The van der Waals surface area contributed by atoms with E-state index in [2.05, 4.69) is 20.2 Å². The molecule has 0 amide bonds. The Morgan fingerprint density at radius 1 is 1.23 bits per heavy atom. The van der Waals surface area contributed by atoms with Crippen LogP contribution in [0.15, 0.2) is 45.8 Å². The van der Waals surface area contributed by atoms with Gasteiger partial charge in [0.15, 0.2) is 11.5 Å². The lowest BCUT2D eigenvalue weighted by atomic mass is 10.1. The number of esters is 1. The van der Waals surface area contributed by atoms with E-state index in [9.17, 15) is 9.59 Å². The topological polar surface area (TPSA) is 110 Å². The van der Waals surface area contributed by atoms with Crippen LogP contribution in [0.3, 0.4) is 0 Å². The number of methoxy groups -OCH3 is 1. The number of para-hydroxylation sites is 1. The minimum atomic E-state index is -0.559. The van der Waals surface area contributed by atoms with E-state index in [-0.39, 0.29) is 23.2 Å². The number of fused-ring (bicyclic) bond motifs is 1. The molecule has 1 unspecified atom stereocenters. The molecule has 10 nitrogen and oxygen atoms in total. The van der Waals surface area contributed by atoms with Gasteiger partial charge in [-0.3, -0.25) is 9.48 Å². The first-order chi connectivity index (χ1) is 14.9. The third-order valence-electron chi connectivity index (χ3n) is 5.16. The summed E-state index contributed by atoms with van der Waals surface area (Å²) in [7, 11) is 1.29. The Labute approximate surface area is 178 Å². The summed E-state index contributed by atoms with van der Waals surface area (Å²) in [6, 6.07) is 9.09. The smallest absolute Gasteiger partial charge is 0.360 e. The van der Waals surface area contributed by atoms with Crippen LogP contribution >= 0.6 is 0 Å². The number of carbonyl (C=O) groups excluding carboxylic acids is 1. The number of carbonyl (C=O) groups is 1. The van der Waals surface area contributed by atoms with Crippen molar-refractivity contribution in [1.29, 1.82) is 0 Å². The molecule has 0 N–H and O–H groups in total. The van der Waals surface area contributed by atoms with E-state index in [1.807, 2.05) is 55.8 Å². The van der Waals surface area contributed by atoms with Crippen LogP contribution in [-0.4, -0.2) is 42.6 Å². The van der Waals surface area contributed by atoms with Crippen molar-refractivity contribution in [3.05, 3.63) is 64.0 Å². The molecule has 0 radical (unpaired) electrons. The molecule has 162 valence electrons. The van der Waals surface area contributed by atoms with Crippen LogP contribution < -0.4 is 5.56 Å². The Kier molecular flexibility index (Phi) is 5.45. The van der Waals surface area contributed by atoms with Gasteiger partial charge < -0.3 is 9.26 Å². The molecule has 4 aromatic rings. The molecule has 1 aromatic carbocycles. The molecule has 1 atom stereocenters. The number of benzene rings is 1. The molecular formula is C21H24N6O4. The minimum absolute atomic E-state index is 0.111. The zero-order valence-electron chi connectivity index (χ0n) is 17.8. The van der Waals surface area contributed by atoms with E-state index in [0.717, 1.165) is 11.2 Å². The Morgan fingerprint density at radius 2 is 2.00 bits per heavy atom. The second-order valence-corrected chi connectivity index (χ2v) is 7.76. The Hall–Kier alpha value is -3.69. The number of ether oxygens (including phenoxy) is 1. The maximum absolute atomic E-state index is 13.2. The van der Waals surface area contributed by atoms with Gasteiger partial charge in [0.2, 0.25) is 0 Å². The van der Waals surface area contributed by atoms with E-state index >= 15 is 0 Å². The fourth-order valence-corrected chi connectivity index (χ4v) is 3.59. The van der Waals surface area contributed by atoms with Gasteiger partial charge in [0, 0.05) is 6.07 Å². The van der Waals surface area contributed by atoms with E-state index < -0.39 is 5.97 Å². The predicted octanol–water partition coefficient (Wildman–Crippen LogP) is 2.60.